The molecule has 0 unspecified atom stereocenters. The van der Waals surface area contributed by atoms with Crippen molar-refractivity contribution in [3.05, 3.63) is 41.5 Å². The molecule has 0 spiro atoms. The first kappa shape index (κ1) is 10.7. The number of rotatable bonds is 3. The fourth-order valence-corrected chi connectivity index (χ4v) is 1.92. The van der Waals surface area contributed by atoms with E-state index in [1.807, 2.05) is 19.1 Å². The second-order valence-corrected chi connectivity index (χ2v) is 4.14. The lowest BCUT2D eigenvalue weighted by Gasteiger charge is -2.16. The average Bonchev–Trinajstić information content (AvgIpc) is 2.70. The highest BCUT2D eigenvalue weighted by Gasteiger charge is 2.15. The Hall–Kier alpha value is -1.77. The average molecular weight is 217 g/mol. The molecule has 1 aromatic carbocycles. The third kappa shape index (κ3) is 2.24. The Morgan fingerprint density at radius 3 is 2.69 bits per heavy atom. The zero-order valence-electron chi connectivity index (χ0n) is 9.23. The summed E-state index contributed by atoms with van der Waals surface area (Å²) in [5, 5.41) is 12.4. The molecule has 84 valence electrons. The van der Waals surface area contributed by atoms with Gasteiger partial charge in [0.05, 0.1) is 5.56 Å². The molecule has 0 radical (unpaired) electrons. The van der Waals surface area contributed by atoms with Gasteiger partial charge in [0, 0.05) is 11.7 Å². The van der Waals surface area contributed by atoms with Crippen LogP contribution in [-0.2, 0) is 0 Å². The second kappa shape index (κ2) is 4.39. The molecule has 0 fully saturated rings. The Morgan fingerprint density at radius 2 is 2.06 bits per heavy atom. The molecule has 0 bridgehead atoms. The van der Waals surface area contributed by atoms with Gasteiger partial charge in [-0.25, -0.2) is 4.79 Å². The molecular weight excluding hydrogens is 202 g/mol. The maximum Gasteiger partial charge on any atom is 0.337 e. The van der Waals surface area contributed by atoms with Gasteiger partial charge in [0.2, 0.25) is 0 Å². The number of aryl methyl sites for hydroxylation is 1. The van der Waals surface area contributed by atoms with Crippen LogP contribution in [0.15, 0.2) is 30.4 Å². The van der Waals surface area contributed by atoms with Crippen molar-refractivity contribution in [2.24, 2.45) is 0 Å². The van der Waals surface area contributed by atoms with Crippen molar-refractivity contribution >= 4 is 11.7 Å². The molecule has 2 rings (SSSR count). The lowest BCUT2D eigenvalue weighted by Crippen LogP contribution is -2.17. The van der Waals surface area contributed by atoms with Gasteiger partial charge in [0.1, 0.15) is 0 Å². The minimum absolute atomic E-state index is 0.333. The van der Waals surface area contributed by atoms with Gasteiger partial charge in [-0.1, -0.05) is 18.2 Å². The van der Waals surface area contributed by atoms with Crippen LogP contribution in [0.1, 0.15) is 28.8 Å². The summed E-state index contributed by atoms with van der Waals surface area (Å²) in [5.41, 5.74) is 2.14. The monoisotopic (exact) mass is 217 g/mol. The minimum Gasteiger partial charge on any atom is -0.478 e. The number of anilines is 1. The molecule has 0 heterocycles. The zero-order chi connectivity index (χ0) is 11.5. The Labute approximate surface area is 94.8 Å². The summed E-state index contributed by atoms with van der Waals surface area (Å²) in [6.07, 6.45) is 6.17. The van der Waals surface area contributed by atoms with Gasteiger partial charge in [-0.15, -0.1) is 0 Å². The number of nitrogens with one attached hydrogen (secondary N) is 1. The third-order valence-electron chi connectivity index (χ3n) is 2.77. The number of hydrogen-bond acceptors (Lipinski definition) is 2. The highest BCUT2D eigenvalue weighted by Crippen LogP contribution is 2.22. The Morgan fingerprint density at radius 1 is 1.38 bits per heavy atom. The van der Waals surface area contributed by atoms with Gasteiger partial charge in [0.15, 0.2) is 0 Å². The SMILES string of the molecule is Cc1ccc(C(=O)O)c(NC2CC=CC2)c1. The van der Waals surface area contributed by atoms with Crippen LogP contribution < -0.4 is 5.32 Å². The molecule has 1 aliphatic rings. The maximum absolute atomic E-state index is 11.1. The Bertz CT molecular complexity index is 430. The van der Waals surface area contributed by atoms with Crippen molar-refractivity contribution < 1.29 is 9.90 Å². The quantitative estimate of drug-likeness (QED) is 0.765. The van der Waals surface area contributed by atoms with E-state index in [9.17, 15) is 4.79 Å². The molecule has 0 aromatic heterocycles. The summed E-state index contributed by atoms with van der Waals surface area (Å²) < 4.78 is 0. The normalized spacial score (nSPS) is 15.3. The number of carbonyl (C=O) groups is 1. The predicted octanol–water partition coefficient (Wildman–Crippen LogP) is 2.82. The summed E-state index contributed by atoms with van der Waals surface area (Å²) in [6.45, 7) is 1.96. The zero-order valence-corrected chi connectivity index (χ0v) is 9.23. The van der Waals surface area contributed by atoms with E-state index in [-0.39, 0.29) is 0 Å². The first-order chi connectivity index (χ1) is 7.66. The molecule has 0 aliphatic heterocycles. The fourth-order valence-electron chi connectivity index (χ4n) is 1.92. The number of aromatic carboxylic acids is 1. The van der Waals surface area contributed by atoms with Gasteiger partial charge in [0.25, 0.3) is 0 Å². The molecule has 0 saturated carbocycles. The molecule has 1 aromatic rings. The molecular formula is C13H15NO2. The van der Waals surface area contributed by atoms with Crippen LogP contribution in [0.3, 0.4) is 0 Å². The van der Waals surface area contributed by atoms with E-state index in [0.29, 0.717) is 11.6 Å². The smallest absolute Gasteiger partial charge is 0.337 e. The van der Waals surface area contributed by atoms with E-state index >= 15 is 0 Å². The van der Waals surface area contributed by atoms with Crippen molar-refractivity contribution in [3.63, 3.8) is 0 Å². The molecule has 0 atom stereocenters. The van der Waals surface area contributed by atoms with Crippen LogP contribution >= 0.6 is 0 Å². The standard InChI is InChI=1S/C13H15NO2/c1-9-6-7-11(13(15)16)12(8-9)14-10-4-2-3-5-10/h2-3,6-8,10,14H,4-5H2,1H3,(H,15,16). The molecule has 0 amide bonds. The molecule has 0 saturated heterocycles. The highest BCUT2D eigenvalue weighted by atomic mass is 16.4. The molecule has 3 heteroatoms. The van der Waals surface area contributed by atoms with Crippen LogP contribution in [0.4, 0.5) is 5.69 Å². The number of benzene rings is 1. The third-order valence-corrected chi connectivity index (χ3v) is 2.77. The van der Waals surface area contributed by atoms with Gasteiger partial charge < -0.3 is 10.4 Å². The summed E-state index contributed by atoms with van der Waals surface area (Å²) in [6, 6.07) is 5.70. The van der Waals surface area contributed by atoms with E-state index in [0.717, 1.165) is 24.1 Å². The minimum atomic E-state index is -0.881. The van der Waals surface area contributed by atoms with Crippen LogP contribution in [0.2, 0.25) is 0 Å². The lowest BCUT2D eigenvalue weighted by molar-refractivity contribution is 0.0698. The van der Waals surface area contributed by atoms with Crippen molar-refractivity contribution in [3.8, 4) is 0 Å². The van der Waals surface area contributed by atoms with E-state index in [2.05, 4.69) is 17.5 Å². The van der Waals surface area contributed by atoms with E-state index < -0.39 is 5.97 Å². The summed E-state index contributed by atoms with van der Waals surface area (Å²) in [5.74, 6) is -0.881. The Balaban J connectivity index is 2.23. The van der Waals surface area contributed by atoms with Crippen molar-refractivity contribution in [1.29, 1.82) is 0 Å². The molecule has 3 nitrogen and oxygen atoms in total. The van der Waals surface area contributed by atoms with Gasteiger partial charge in [-0.3, -0.25) is 0 Å². The number of carboxylic acids is 1. The van der Waals surface area contributed by atoms with Crippen LogP contribution in [0.5, 0.6) is 0 Å². The number of carboxylic acid groups (broad SMARTS) is 1. The Kier molecular flexibility index (Phi) is 2.95. The largest absolute Gasteiger partial charge is 0.478 e. The molecule has 2 N–H and O–H groups in total. The van der Waals surface area contributed by atoms with Crippen LogP contribution in [0, 0.1) is 6.92 Å². The first-order valence-corrected chi connectivity index (χ1v) is 5.42. The van der Waals surface area contributed by atoms with Gasteiger partial charge in [-0.05, 0) is 37.5 Å². The molecule has 16 heavy (non-hydrogen) atoms. The fraction of sp³-hybridized carbons (Fsp3) is 0.308. The number of hydrogen-bond donors (Lipinski definition) is 2. The van der Waals surface area contributed by atoms with E-state index in [4.69, 9.17) is 5.11 Å². The maximum atomic E-state index is 11.1. The second-order valence-electron chi connectivity index (χ2n) is 4.14. The molecule has 1 aliphatic carbocycles. The summed E-state index contributed by atoms with van der Waals surface area (Å²) in [4.78, 5) is 11.1. The topological polar surface area (TPSA) is 49.3 Å². The van der Waals surface area contributed by atoms with Crippen molar-refractivity contribution in [2.75, 3.05) is 5.32 Å². The van der Waals surface area contributed by atoms with Gasteiger partial charge in [-0.2, -0.15) is 0 Å². The van der Waals surface area contributed by atoms with Crippen molar-refractivity contribution in [2.45, 2.75) is 25.8 Å². The van der Waals surface area contributed by atoms with Crippen LogP contribution in [-0.4, -0.2) is 17.1 Å². The van der Waals surface area contributed by atoms with Crippen molar-refractivity contribution in [1.82, 2.24) is 0 Å². The van der Waals surface area contributed by atoms with E-state index in [1.165, 1.54) is 0 Å². The first-order valence-electron chi connectivity index (χ1n) is 5.42. The predicted molar refractivity (Wildman–Crippen MR) is 63.9 cm³/mol. The van der Waals surface area contributed by atoms with Gasteiger partial charge >= 0.3 is 5.97 Å². The summed E-state index contributed by atoms with van der Waals surface area (Å²) >= 11 is 0. The lowest BCUT2D eigenvalue weighted by atomic mass is 10.1. The summed E-state index contributed by atoms with van der Waals surface area (Å²) in [7, 11) is 0. The van der Waals surface area contributed by atoms with E-state index in [1.54, 1.807) is 6.07 Å². The van der Waals surface area contributed by atoms with Crippen LogP contribution in [0.25, 0.3) is 0 Å². The highest BCUT2D eigenvalue weighted by molar-refractivity contribution is 5.94.